The smallest absolute Gasteiger partial charge is 0.249 e. The highest BCUT2D eigenvalue weighted by molar-refractivity contribution is 5.80. The van der Waals surface area contributed by atoms with E-state index in [1.807, 2.05) is 0 Å². The van der Waals surface area contributed by atoms with Gasteiger partial charge in [-0.05, 0) is 12.8 Å². The highest BCUT2D eigenvalue weighted by Crippen LogP contribution is 2.18. The van der Waals surface area contributed by atoms with Gasteiger partial charge in [-0.3, -0.25) is 4.79 Å². The zero-order valence-corrected chi connectivity index (χ0v) is 37.9. The predicted octanol–water partition coefficient (Wildman–Crippen LogP) is 14.0. The second-order valence-electron chi connectivity index (χ2n) is 17.9. The largest absolute Gasteiger partial charge is 0.394 e. The van der Waals surface area contributed by atoms with Crippen LogP contribution in [-0.2, 0) is 4.79 Å². The lowest BCUT2D eigenvalue weighted by Crippen LogP contribution is -2.53. The second-order valence-corrected chi connectivity index (χ2v) is 17.9. The molecule has 0 aliphatic rings. The maximum atomic E-state index is 12.5. The molecular weight excluding hydrogens is 695 g/mol. The van der Waals surface area contributed by atoms with Gasteiger partial charge in [-0.15, -0.1) is 0 Å². The van der Waals surface area contributed by atoms with Gasteiger partial charge < -0.3 is 25.7 Å². The summed E-state index contributed by atoms with van der Waals surface area (Å²) in [5, 5.41) is 43.8. The predicted molar refractivity (Wildman–Crippen MR) is 242 cm³/mol. The normalized spacial score (nSPS) is 13.9. The van der Waals surface area contributed by atoms with Crippen LogP contribution in [-0.4, -0.2) is 57.3 Å². The molecule has 5 N–H and O–H groups in total. The summed E-state index contributed by atoms with van der Waals surface area (Å²) in [6.07, 6.45) is 50.1. The van der Waals surface area contributed by atoms with Crippen LogP contribution < -0.4 is 5.32 Å². The number of amides is 1. The molecule has 6 nitrogen and oxygen atoms in total. The third-order valence-electron chi connectivity index (χ3n) is 12.3. The molecule has 1 amide bonds. The molecular formula is C50H101NO5. The van der Waals surface area contributed by atoms with Gasteiger partial charge in [-0.25, -0.2) is 0 Å². The number of aliphatic hydroxyl groups excluding tert-OH is 4. The van der Waals surface area contributed by atoms with Crippen molar-refractivity contribution in [2.24, 2.45) is 0 Å². The maximum absolute atomic E-state index is 12.5. The van der Waals surface area contributed by atoms with Crippen molar-refractivity contribution < 1.29 is 25.2 Å². The summed E-state index contributed by atoms with van der Waals surface area (Å²) in [5.74, 6) is -0.577. The Morgan fingerprint density at radius 1 is 0.375 bits per heavy atom. The topological polar surface area (TPSA) is 110 Å². The molecule has 0 aromatic carbocycles. The van der Waals surface area contributed by atoms with Gasteiger partial charge in [0.25, 0.3) is 0 Å². The molecule has 0 radical (unpaired) electrons. The molecule has 0 aliphatic heterocycles. The average Bonchev–Trinajstić information content (AvgIpc) is 3.20. The Morgan fingerprint density at radius 3 is 0.857 bits per heavy atom. The Labute approximate surface area is 350 Å². The molecule has 0 aromatic heterocycles. The van der Waals surface area contributed by atoms with E-state index in [9.17, 15) is 25.2 Å². The van der Waals surface area contributed by atoms with Crippen LogP contribution >= 0.6 is 0 Å². The fraction of sp³-hybridized carbons (Fsp3) is 0.980. The van der Waals surface area contributed by atoms with Gasteiger partial charge in [0.2, 0.25) is 5.91 Å². The van der Waals surface area contributed by atoms with Crippen molar-refractivity contribution in [1.82, 2.24) is 5.32 Å². The SMILES string of the molecule is CCCCCCCCCCCCCCCCCCCCCCCCCCCC(O)C(=O)NC(CO)C(O)C(O)CCCCCCCCCCCCCCCCC. The van der Waals surface area contributed by atoms with Gasteiger partial charge in [-0.1, -0.05) is 271 Å². The Bertz CT molecular complexity index is 766. The summed E-state index contributed by atoms with van der Waals surface area (Å²) < 4.78 is 0. The quantitative estimate of drug-likeness (QED) is 0.0394. The molecule has 0 bridgehead atoms. The first-order valence-corrected chi connectivity index (χ1v) is 25.4. The molecule has 0 saturated carbocycles. The molecule has 0 spiro atoms. The van der Waals surface area contributed by atoms with Crippen LogP contribution in [0.4, 0.5) is 0 Å². The molecule has 0 saturated heterocycles. The van der Waals surface area contributed by atoms with Crippen LogP contribution in [0.3, 0.4) is 0 Å². The number of hydrogen-bond donors (Lipinski definition) is 5. The van der Waals surface area contributed by atoms with Crippen LogP contribution in [0.15, 0.2) is 0 Å². The molecule has 336 valence electrons. The Morgan fingerprint density at radius 2 is 0.607 bits per heavy atom. The summed E-state index contributed by atoms with van der Waals surface area (Å²) in [6.45, 7) is 4.08. The molecule has 56 heavy (non-hydrogen) atoms. The maximum Gasteiger partial charge on any atom is 0.249 e. The van der Waals surface area contributed by atoms with Crippen LogP contribution in [0, 0.1) is 0 Å². The van der Waals surface area contributed by atoms with Crippen molar-refractivity contribution >= 4 is 5.91 Å². The first kappa shape index (κ1) is 55.3. The molecule has 0 aromatic rings. The zero-order chi connectivity index (χ0) is 41.0. The number of aliphatic hydroxyl groups is 4. The van der Waals surface area contributed by atoms with Crippen molar-refractivity contribution in [1.29, 1.82) is 0 Å². The number of nitrogens with one attached hydrogen (secondary N) is 1. The van der Waals surface area contributed by atoms with Crippen molar-refractivity contribution in [3.63, 3.8) is 0 Å². The summed E-state index contributed by atoms with van der Waals surface area (Å²) in [6, 6.07) is -0.979. The van der Waals surface area contributed by atoms with Gasteiger partial charge in [0.05, 0.1) is 18.8 Å². The van der Waals surface area contributed by atoms with Crippen LogP contribution in [0.5, 0.6) is 0 Å². The van der Waals surface area contributed by atoms with E-state index < -0.39 is 36.9 Å². The summed E-state index contributed by atoms with van der Waals surface area (Å²) in [7, 11) is 0. The monoisotopic (exact) mass is 796 g/mol. The van der Waals surface area contributed by atoms with Gasteiger partial charge in [0.15, 0.2) is 0 Å². The molecule has 0 rings (SSSR count). The van der Waals surface area contributed by atoms with Crippen molar-refractivity contribution in [3.05, 3.63) is 0 Å². The van der Waals surface area contributed by atoms with Crippen molar-refractivity contribution in [3.8, 4) is 0 Å². The number of hydrogen-bond acceptors (Lipinski definition) is 5. The Balaban J connectivity index is 3.60. The standard InChI is InChI=1S/C50H101NO5/c1-3-5-7-9-11-13-15-17-19-20-21-22-23-24-25-26-27-28-30-32-34-36-38-40-42-44-48(54)50(56)51-46(45-52)49(55)47(53)43-41-39-37-35-33-31-29-18-16-14-12-10-8-6-4-2/h46-49,52-55H,3-45H2,1-2H3,(H,51,56). The minimum Gasteiger partial charge on any atom is -0.394 e. The minimum absolute atomic E-state index is 0.376. The fourth-order valence-electron chi connectivity index (χ4n) is 8.29. The molecule has 6 heteroatoms. The Kier molecular flexibility index (Phi) is 44.8. The lowest BCUT2D eigenvalue weighted by Gasteiger charge is -2.27. The van der Waals surface area contributed by atoms with E-state index in [1.54, 1.807) is 0 Å². The number of rotatable bonds is 47. The molecule has 4 atom stereocenters. The van der Waals surface area contributed by atoms with E-state index in [2.05, 4.69) is 19.2 Å². The van der Waals surface area contributed by atoms with Crippen LogP contribution in [0.1, 0.15) is 284 Å². The molecule has 0 heterocycles. The number of carbonyl (C=O) groups excluding carboxylic acids is 1. The molecule has 0 fully saturated rings. The zero-order valence-electron chi connectivity index (χ0n) is 37.9. The fourth-order valence-corrected chi connectivity index (χ4v) is 8.29. The van der Waals surface area contributed by atoms with Gasteiger partial charge in [0, 0.05) is 0 Å². The van der Waals surface area contributed by atoms with E-state index in [1.165, 1.54) is 218 Å². The van der Waals surface area contributed by atoms with E-state index in [0.717, 1.165) is 38.5 Å². The van der Waals surface area contributed by atoms with E-state index >= 15 is 0 Å². The minimum atomic E-state index is -1.25. The highest BCUT2D eigenvalue weighted by atomic mass is 16.3. The Hall–Kier alpha value is -0.690. The molecule has 4 unspecified atom stereocenters. The number of unbranched alkanes of at least 4 members (excludes halogenated alkanes) is 38. The van der Waals surface area contributed by atoms with Gasteiger partial charge in [-0.2, -0.15) is 0 Å². The first-order chi connectivity index (χ1) is 27.5. The summed E-state index contributed by atoms with van der Waals surface area (Å²) >= 11 is 0. The highest BCUT2D eigenvalue weighted by Gasteiger charge is 2.28. The lowest BCUT2D eigenvalue weighted by molar-refractivity contribution is -0.132. The average molecular weight is 796 g/mol. The number of carbonyl (C=O) groups is 1. The van der Waals surface area contributed by atoms with Crippen molar-refractivity contribution in [2.75, 3.05) is 6.61 Å². The van der Waals surface area contributed by atoms with E-state index in [-0.39, 0.29) is 0 Å². The third-order valence-corrected chi connectivity index (χ3v) is 12.3. The first-order valence-electron chi connectivity index (χ1n) is 25.4. The van der Waals surface area contributed by atoms with Crippen molar-refractivity contribution in [2.45, 2.75) is 308 Å². The summed E-state index contributed by atoms with van der Waals surface area (Å²) in [5.41, 5.74) is 0. The molecule has 0 aliphatic carbocycles. The second kappa shape index (κ2) is 45.4. The van der Waals surface area contributed by atoms with Crippen LogP contribution in [0.2, 0.25) is 0 Å². The van der Waals surface area contributed by atoms with Gasteiger partial charge in [0.1, 0.15) is 12.2 Å². The summed E-state index contributed by atoms with van der Waals surface area (Å²) in [4.78, 5) is 12.5. The lowest BCUT2D eigenvalue weighted by atomic mass is 9.99. The third kappa shape index (κ3) is 38.8. The van der Waals surface area contributed by atoms with E-state index in [0.29, 0.717) is 12.8 Å². The van der Waals surface area contributed by atoms with Gasteiger partial charge >= 0.3 is 0 Å². The van der Waals surface area contributed by atoms with Crippen LogP contribution in [0.25, 0.3) is 0 Å². The van der Waals surface area contributed by atoms with E-state index in [4.69, 9.17) is 0 Å².